The molecule has 0 aliphatic heterocycles. The van der Waals surface area contributed by atoms with Crippen LogP contribution in [0.5, 0.6) is 0 Å². The van der Waals surface area contributed by atoms with E-state index in [0.29, 0.717) is 17.0 Å². The van der Waals surface area contributed by atoms with Crippen molar-refractivity contribution in [2.45, 2.75) is 20.8 Å². The average Bonchev–Trinajstić information content (AvgIpc) is 2.71. The smallest absolute Gasteiger partial charge is 0.272 e. The Morgan fingerprint density at radius 3 is 2.43 bits per heavy atom. The first kappa shape index (κ1) is 19.3. The largest absolute Gasteiger partial charge is 0.326 e. The Morgan fingerprint density at radius 1 is 0.929 bits per heavy atom. The van der Waals surface area contributed by atoms with Crippen molar-refractivity contribution in [2.75, 3.05) is 5.32 Å². The van der Waals surface area contributed by atoms with E-state index < -0.39 is 0 Å². The van der Waals surface area contributed by atoms with Crippen LogP contribution in [0.1, 0.15) is 36.7 Å². The van der Waals surface area contributed by atoms with Crippen molar-refractivity contribution in [1.29, 1.82) is 0 Å². The summed E-state index contributed by atoms with van der Waals surface area (Å²) in [5.74, 6) is -0.408. The van der Waals surface area contributed by atoms with E-state index in [2.05, 4.69) is 15.8 Å². The van der Waals surface area contributed by atoms with Gasteiger partial charge in [-0.15, -0.1) is 0 Å². The van der Waals surface area contributed by atoms with Gasteiger partial charge < -0.3 is 5.32 Å². The summed E-state index contributed by atoms with van der Waals surface area (Å²) in [5.41, 5.74) is 5.37. The van der Waals surface area contributed by atoms with Crippen molar-refractivity contribution in [3.05, 3.63) is 77.9 Å². The number of rotatable bonds is 5. The SMILES string of the molecule is C/C(=N\NC(=O)c1cccc2ccccc12)c1cccc(NC(=O)C(C)C)c1. The summed E-state index contributed by atoms with van der Waals surface area (Å²) in [6.07, 6.45) is 0. The van der Waals surface area contributed by atoms with Gasteiger partial charge in [0.15, 0.2) is 0 Å². The van der Waals surface area contributed by atoms with Crippen LogP contribution in [0.2, 0.25) is 0 Å². The molecule has 142 valence electrons. The quantitative estimate of drug-likeness (QED) is 0.507. The van der Waals surface area contributed by atoms with Gasteiger partial charge in [-0.3, -0.25) is 9.59 Å². The third kappa shape index (κ3) is 4.43. The summed E-state index contributed by atoms with van der Waals surface area (Å²) in [4.78, 5) is 24.5. The van der Waals surface area contributed by atoms with E-state index in [1.807, 2.05) is 81.4 Å². The van der Waals surface area contributed by atoms with E-state index >= 15 is 0 Å². The van der Waals surface area contributed by atoms with E-state index in [0.717, 1.165) is 16.3 Å². The molecule has 5 nitrogen and oxygen atoms in total. The van der Waals surface area contributed by atoms with Gasteiger partial charge in [0.2, 0.25) is 5.91 Å². The number of fused-ring (bicyclic) bond motifs is 1. The van der Waals surface area contributed by atoms with Crippen LogP contribution < -0.4 is 10.7 Å². The number of hydrogen-bond donors (Lipinski definition) is 2. The Kier molecular flexibility index (Phi) is 5.84. The van der Waals surface area contributed by atoms with Crippen molar-refractivity contribution in [3.8, 4) is 0 Å². The van der Waals surface area contributed by atoms with Crippen LogP contribution in [0, 0.1) is 5.92 Å². The van der Waals surface area contributed by atoms with Crippen LogP contribution >= 0.6 is 0 Å². The van der Waals surface area contributed by atoms with Crippen molar-refractivity contribution in [3.63, 3.8) is 0 Å². The molecule has 0 aliphatic carbocycles. The predicted molar refractivity (Wildman–Crippen MR) is 114 cm³/mol. The molecule has 3 aromatic carbocycles. The normalized spacial score (nSPS) is 11.5. The van der Waals surface area contributed by atoms with Gasteiger partial charge in [-0.05, 0) is 41.5 Å². The number of benzene rings is 3. The standard InChI is InChI=1S/C23H23N3O2/c1-15(2)22(27)24-19-11-6-10-18(14-19)16(3)25-26-23(28)21-13-7-9-17-8-4-5-12-20(17)21/h4-15H,1-3H3,(H,24,27)(H,26,28)/b25-16+. The Labute approximate surface area is 164 Å². The summed E-state index contributed by atoms with van der Waals surface area (Å²) >= 11 is 0. The molecule has 0 fully saturated rings. The first-order valence-corrected chi connectivity index (χ1v) is 9.19. The number of amides is 2. The number of carbonyl (C=O) groups is 2. The van der Waals surface area contributed by atoms with Crippen LogP contribution in [-0.2, 0) is 4.79 Å². The lowest BCUT2D eigenvalue weighted by atomic mass is 10.0. The zero-order valence-corrected chi connectivity index (χ0v) is 16.2. The number of carbonyl (C=O) groups excluding carboxylic acids is 2. The number of nitrogens with one attached hydrogen (secondary N) is 2. The molecule has 0 saturated carbocycles. The maximum atomic E-state index is 12.6. The fraction of sp³-hybridized carbons (Fsp3) is 0.174. The van der Waals surface area contributed by atoms with Crippen molar-refractivity contribution >= 4 is 34.0 Å². The van der Waals surface area contributed by atoms with E-state index in [1.165, 1.54) is 0 Å². The van der Waals surface area contributed by atoms with Gasteiger partial charge in [0.1, 0.15) is 0 Å². The molecule has 2 N–H and O–H groups in total. The molecule has 0 radical (unpaired) electrons. The van der Waals surface area contributed by atoms with Gasteiger partial charge in [-0.25, -0.2) is 5.43 Å². The van der Waals surface area contributed by atoms with Crippen molar-refractivity contribution in [2.24, 2.45) is 11.0 Å². The number of nitrogens with zero attached hydrogens (tertiary/aromatic N) is 1. The molecular weight excluding hydrogens is 350 g/mol. The monoisotopic (exact) mass is 373 g/mol. The molecule has 5 heteroatoms. The third-order valence-corrected chi connectivity index (χ3v) is 4.43. The summed E-state index contributed by atoms with van der Waals surface area (Å²) < 4.78 is 0. The number of hydrogen-bond acceptors (Lipinski definition) is 3. The Morgan fingerprint density at radius 2 is 1.64 bits per heavy atom. The highest BCUT2D eigenvalue weighted by atomic mass is 16.2. The summed E-state index contributed by atoms with van der Waals surface area (Å²) in [6.45, 7) is 5.50. The van der Waals surface area contributed by atoms with Gasteiger partial charge in [-0.2, -0.15) is 5.10 Å². The van der Waals surface area contributed by atoms with Gasteiger partial charge >= 0.3 is 0 Å². The molecule has 0 unspecified atom stereocenters. The van der Waals surface area contributed by atoms with Crippen LogP contribution in [0.25, 0.3) is 10.8 Å². The lowest BCUT2D eigenvalue weighted by Crippen LogP contribution is -2.20. The highest BCUT2D eigenvalue weighted by Gasteiger charge is 2.10. The highest BCUT2D eigenvalue weighted by molar-refractivity contribution is 6.08. The minimum atomic E-state index is -0.264. The van der Waals surface area contributed by atoms with Crippen LogP contribution in [-0.4, -0.2) is 17.5 Å². The van der Waals surface area contributed by atoms with Gasteiger partial charge in [0.05, 0.1) is 5.71 Å². The summed E-state index contributed by atoms with van der Waals surface area (Å²) in [7, 11) is 0. The predicted octanol–water partition coefficient (Wildman–Crippen LogP) is 4.59. The topological polar surface area (TPSA) is 70.6 Å². The lowest BCUT2D eigenvalue weighted by Gasteiger charge is -2.09. The van der Waals surface area contributed by atoms with Gasteiger partial charge in [0, 0.05) is 17.2 Å². The second-order valence-electron chi connectivity index (χ2n) is 6.89. The lowest BCUT2D eigenvalue weighted by molar-refractivity contribution is -0.118. The number of anilines is 1. The average molecular weight is 373 g/mol. The van der Waals surface area contributed by atoms with Crippen LogP contribution in [0.4, 0.5) is 5.69 Å². The van der Waals surface area contributed by atoms with Crippen molar-refractivity contribution in [1.82, 2.24) is 5.43 Å². The Bertz CT molecular complexity index is 1050. The molecule has 3 rings (SSSR count). The Balaban J connectivity index is 1.77. The second-order valence-corrected chi connectivity index (χ2v) is 6.89. The summed E-state index contributed by atoms with van der Waals surface area (Å²) in [5, 5.41) is 8.99. The molecule has 3 aromatic rings. The molecule has 0 aliphatic rings. The minimum Gasteiger partial charge on any atom is -0.326 e. The molecule has 0 saturated heterocycles. The molecule has 0 atom stereocenters. The van der Waals surface area contributed by atoms with Crippen LogP contribution in [0.15, 0.2) is 71.8 Å². The first-order chi connectivity index (χ1) is 13.5. The zero-order chi connectivity index (χ0) is 20.1. The molecule has 0 heterocycles. The van der Waals surface area contributed by atoms with E-state index in [-0.39, 0.29) is 17.7 Å². The third-order valence-electron chi connectivity index (χ3n) is 4.43. The second kappa shape index (κ2) is 8.48. The molecule has 0 aromatic heterocycles. The van der Waals surface area contributed by atoms with Crippen LogP contribution in [0.3, 0.4) is 0 Å². The molecule has 2 amide bonds. The zero-order valence-electron chi connectivity index (χ0n) is 16.2. The maximum absolute atomic E-state index is 12.6. The van der Waals surface area contributed by atoms with Gasteiger partial charge in [-0.1, -0.05) is 62.4 Å². The Hall–Kier alpha value is -3.47. The molecule has 0 bridgehead atoms. The molecule has 28 heavy (non-hydrogen) atoms. The fourth-order valence-corrected chi connectivity index (χ4v) is 2.79. The fourth-order valence-electron chi connectivity index (χ4n) is 2.79. The van der Waals surface area contributed by atoms with E-state index in [4.69, 9.17) is 0 Å². The van der Waals surface area contributed by atoms with E-state index in [9.17, 15) is 9.59 Å². The number of hydrazone groups is 1. The van der Waals surface area contributed by atoms with Crippen molar-refractivity contribution < 1.29 is 9.59 Å². The molecular formula is C23H23N3O2. The van der Waals surface area contributed by atoms with E-state index in [1.54, 1.807) is 6.07 Å². The molecule has 0 spiro atoms. The first-order valence-electron chi connectivity index (χ1n) is 9.19. The highest BCUT2D eigenvalue weighted by Crippen LogP contribution is 2.18. The maximum Gasteiger partial charge on any atom is 0.272 e. The summed E-state index contributed by atoms with van der Waals surface area (Å²) in [6, 6.07) is 20.7. The minimum absolute atomic E-state index is 0.0454. The van der Waals surface area contributed by atoms with Gasteiger partial charge in [0.25, 0.3) is 5.91 Å².